The lowest BCUT2D eigenvalue weighted by Gasteiger charge is -2.26. The molecule has 1 rings (SSSR count). The third-order valence-electron chi connectivity index (χ3n) is 2.61. The summed E-state index contributed by atoms with van der Waals surface area (Å²) in [5.41, 5.74) is 8.56. The van der Waals surface area contributed by atoms with Gasteiger partial charge in [0.05, 0.1) is 6.10 Å². The van der Waals surface area contributed by atoms with E-state index in [-0.39, 0.29) is 6.10 Å². The van der Waals surface area contributed by atoms with Crippen LogP contribution in [0.15, 0.2) is 0 Å². The van der Waals surface area contributed by atoms with Crippen LogP contribution in [0.4, 0.5) is 0 Å². The molecule has 1 aliphatic rings. The number of hydroxylamine groups is 1. The van der Waals surface area contributed by atoms with Gasteiger partial charge in [0, 0.05) is 18.5 Å². The highest BCUT2D eigenvalue weighted by atomic mass is 16.7. The van der Waals surface area contributed by atoms with Crippen LogP contribution in [-0.4, -0.2) is 32.3 Å². The van der Waals surface area contributed by atoms with Gasteiger partial charge >= 0.3 is 0 Å². The third-order valence-corrected chi connectivity index (χ3v) is 2.61. The minimum absolute atomic E-state index is 0.275. The molecule has 4 N–H and O–H groups in total. The van der Waals surface area contributed by atoms with Crippen LogP contribution in [0.5, 0.6) is 0 Å². The van der Waals surface area contributed by atoms with Crippen molar-refractivity contribution in [3.05, 3.63) is 0 Å². The molecule has 1 heterocycles. The van der Waals surface area contributed by atoms with E-state index in [1.165, 1.54) is 0 Å². The Bertz CT molecular complexity index is 125. The van der Waals surface area contributed by atoms with Crippen molar-refractivity contribution in [3.63, 3.8) is 0 Å². The number of hydrogen-bond acceptors (Lipinski definition) is 4. The molecule has 12 heavy (non-hydrogen) atoms. The van der Waals surface area contributed by atoms with E-state index in [4.69, 9.17) is 10.6 Å². The summed E-state index contributed by atoms with van der Waals surface area (Å²) in [4.78, 5) is 5.36. The summed E-state index contributed by atoms with van der Waals surface area (Å²) in [6.07, 6.45) is 1.34. The maximum atomic E-state index is 5.68. The largest absolute Gasteiger partial charge is 0.330 e. The van der Waals surface area contributed by atoms with Crippen molar-refractivity contribution in [2.24, 2.45) is 11.7 Å². The van der Waals surface area contributed by atoms with Crippen LogP contribution >= 0.6 is 0 Å². The molecule has 1 fully saturated rings. The first-order valence-electron chi connectivity index (χ1n) is 4.55. The van der Waals surface area contributed by atoms with Crippen molar-refractivity contribution in [1.82, 2.24) is 10.8 Å². The molecule has 0 aliphatic carbocycles. The summed E-state index contributed by atoms with van der Waals surface area (Å²) in [7, 11) is 1.95. The van der Waals surface area contributed by atoms with Crippen molar-refractivity contribution >= 4 is 0 Å². The monoisotopic (exact) mass is 173 g/mol. The molecule has 0 aromatic rings. The normalized spacial score (nSPS) is 28.8. The van der Waals surface area contributed by atoms with Crippen molar-refractivity contribution in [3.8, 4) is 0 Å². The van der Waals surface area contributed by atoms with Gasteiger partial charge in [-0.25, -0.2) is 5.48 Å². The van der Waals surface area contributed by atoms with Crippen molar-refractivity contribution in [1.29, 1.82) is 0 Å². The molecule has 4 heteroatoms. The van der Waals surface area contributed by atoms with Crippen LogP contribution in [0, 0.1) is 5.92 Å². The summed E-state index contributed by atoms with van der Waals surface area (Å²) in [5, 5.41) is 3.21. The molecule has 1 aliphatic heterocycles. The lowest BCUT2D eigenvalue weighted by atomic mass is 9.93. The second-order valence-electron chi connectivity index (χ2n) is 3.32. The molecule has 0 amide bonds. The predicted octanol–water partition coefficient (Wildman–Crippen LogP) is -0.537. The Balaban J connectivity index is 2.42. The molecule has 0 bridgehead atoms. The van der Waals surface area contributed by atoms with E-state index >= 15 is 0 Å². The molecule has 0 radical (unpaired) electrons. The van der Waals surface area contributed by atoms with Crippen molar-refractivity contribution < 1.29 is 4.84 Å². The van der Waals surface area contributed by atoms with Gasteiger partial charge in [-0.1, -0.05) is 0 Å². The highest BCUT2D eigenvalue weighted by Crippen LogP contribution is 2.16. The van der Waals surface area contributed by atoms with Crippen molar-refractivity contribution in [2.45, 2.75) is 25.5 Å². The molecule has 0 aromatic carbocycles. The number of nitrogens with two attached hydrogens (primary N) is 1. The SMILES string of the molecule is CNC(C)C(CN)C1CCNO1. The summed E-state index contributed by atoms with van der Waals surface area (Å²) in [6, 6.07) is 0.417. The van der Waals surface area contributed by atoms with Gasteiger partial charge in [-0.05, 0) is 26.9 Å². The van der Waals surface area contributed by atoms with Crippen LogP contribution in [0.25, 0.3) is 0 Å². The summed E-state index contributed by atoms with van der Waals surface area (Å²) >= 11 is 0. The summed E-state index contributed by atoms with van der Waals surface area (Å²) in [5.74, 6) is 0.407. The summed E-state index contributed by atoms with van der Waals surface area (Å²) < 4.78 is 0. The maximum absolute atomic E-state index is 5.68. The quantitative estimate of drug-likeness (QED) is 0.534. The minimum atomic E-state index is 0.275. The Morgan fingerprint density at radius 2 is 2.50 bits per heavy atom. The van der Waals surface area contributed by atoms with E-state index in [1.54, 1.807) is 0 Å². The van der Waals surface area contributed by atoms with Gasteiger partial charge in [-0.2, -0.15) is 0 Å². The molecule has 72 valence electrons. The fraction of sp³-hybridized carbons (Fsp3) is 1.00. The van der Waals surface area contributed by atoms with Crippen LogP contribution in [0.3, 0.4) is 0 Å². The fourth-order valence-corrected chi connectivity index (χ4v) is 1.62. The number of rotatable bonds is 4. The zero-order chi connectivity index (χ0) is 8.97. The lowest BCUT2D eigenvalue weighted by Crippen LogP contribution is -2.42. The van der Waals surface area contributed by atoms with E-state index in [1.807, 2.05) is 7.05 Å². The first-order chi connectivity index (χ1) is 5.79. The van der Waals surface area contributed by atoms with E-state index in [9.17, 15) is 0 Å². The summed E-state index contributed by atoms with van der Waals surface area (Å²) in [6.45, 7) is 3.76. The lowest BCUT2D eigenvalue weighted by molar-refractivity contribution is -0.00556. The smallest absolute Gasteiger partial charge is 0.0858 e. The molecule has 4 nitrogen and oxygen atoms in total. The molecular weight excluding hydrogens is 154 g/mol. The van der Waals surface area contributed by atoms with Gasteiger partial charge in [0.25, 0.3) is 0 Å². The Hall–Kier alpha value is -0.160. The number of nitrogens with one attached hydrogen (secondary N) is 2. The Kier molecular flexibility index (Phi) is 3.94. The van der Waals surface area contributed by atoms with E-state index in [0.29, 0.717) is 18.5 Å². The fourth-order valence-electron chi connectivity index (χ4n) is 1.62. The van der Waals surface area contributed by atoms with Crippen molar-refractivity contribution in [2.75, 3.05) is 20.1 Å². The van der Waals surface area contributed by atoms with Crippen LogP contribution < -0.4 is 16.5 Å². The van der Waals surface area contributed by atoms with E-state index in [0.717, 1.165) is 13.0 Å². The Morgan fingerprint density at radius 3 is 2.92 bits per heavy atom. The molecule has 1 saturated heterocycles. The molecule has 0 saturated carbocycles. The van der Waals surface area contributed by atoms with E-state index < -0.39 is 0 Å². The van der Waals surface area contributed by atoms with Gasteiger partial charge < -0.3 is 11.1 Å². The maximum Gasteiger partial charge on any atom is 0.0858 e. The molecular formula is C8H19N3O. The molecule has 0 spiro atoms. The Labute approximate surface area is 73.8 Å². The van der Waals surface area contributed by atoms with Gasteiger partial charge in [0.2, 0.25) is 0 Å². The number of hydrogen-bond donors (Lipinski definition) is 3. The van der Waals surface area contributed by atoms with Gasteiger partial charge in [0.15, 0.2) is 0 Å². The standard InChI is InChI=1S/C8H19N3O/c1-6(10-2)7(5-9)8-3-4-11-12-8/h6-8,10-11H,3-5,9H2,1-2H3. The van der Waals surface area contributed by atoms with Crippen LogP contribution in [0.1, 0.15) is 13.3 Å². The first-order valence-corrected chi connectivity index (χ1v) is 4.55. The highest BCUT2D eigenvalue weighted by Gasteiger charge is 2.28. The predicted molar refractivity (Wildman–Crippen MR) is 48.6 cm³/mol. The zero-order valence-electron chi connectivity index (χ0n) is 7.84. The highest BCUT2D eigenvalue weighted by molar-refractivity contribution is 4.81. The second kappa shape index (κ2) is 4.77. The van der Waals surface area contributed by atoms with Crippen LogP contribution in [0.2, 0.25) is 0 Å². The molecule has 3 unspecified atom stereocenters. The zero-order valence-corrected chi connectivity index (χ0v) is 7.84. The Morgan fingerprint density at radius 1 is 1.75 bits per heavy atom. The van der Waals surface area contributed by atoms with Crippen LogP contribution in [-0.2, 0) is 4.84 Å². The minimum Gasteiger partial charge on any atom is -0.330 e. The average Bonchev–Trinajstić information content (AvgIpc) is 2.58. The molecule has 3 atom stereocenters. The first kappa shape index (κ1) is 9.92. The van der Waals surface area contributed by atoms with E-state index in [2.05, 4.69) is 17.7 Å². The van der Waals surface area contributed by atoms with Gasteiger partial charge in [-0.3, -0.25) is 4.84 Å². The topological polar surface area (TPSA) is 59.3 Å². The third kappa shape index (κ3) is 2.17. The average molecular weight is 173 g/mol. The van der Waals surface area contributed by atoms with Gasteiger partial charge in [-0.15, -0.1) is 0 Å². The van der Waals surface area contributed by atoms with Gasteiger partial charge in [0.1, 0.15) is 0 Å². The second-order valence-corrected chi connectivity index (χ2v) is 3.32. The molecule has 0 aromatic heterocycles.